The van der Waals surface area contributed by atoms with Gasteiger partial charge in [0.1, 0.15) is 5.69 Å². The zero-order valence-corrected chi connectivity index (χ0v) is 19.1. The molecule has 190 valence electrons. The molecule has 3 N–H and O–H groups in total. The zero-order chi connectivity index (χ0) is 26.2. The Labute approximate surface area is 203 Å². The van der Waals surface area contributed by atoms with Crippen molar-refractivity contribution in [2.75, 3.05) is 31.1 Å². The number of H-pyrrole nitrogens is 1. The number of nitrogens with zero attached hydrogens (tertiary/aromatic N) is 5. The molecule has 36 heavy (non-hydrogen) atoms. The standard InChI is InChI=1S/C19H19F3N6.C4H4O4/c1-12(14-10-25-26-11-14)27-4-6-28(7-5-27)19-18(23-2-3-24-19)13-8-15(20)17(22)16(21)9-13;5-3(6)1-2-4(7)8/h2-3,8-12H,4-7H2,1H3,(H,25,26);1-2H,(H,5,6)(H,7,8)/b;2-1+. The first kappa shape index (κ1) is 26.3. The van der Waals surface area contributed by atoms with Crippen molar-refractivity contribution in [1.29, 1.82) is 0 Å². The van der Waals surface area contributed by atoms with Gasteiger partial charge in [-0.05, 0) is 19.1 Å². The number of benzene rings is 1. The maximum atomic E-state index is 13.7. The lowest BCUT2D eigenvalue weighted by atomic mass is 10.1. The molecule has 3 aromatic rings. The number of rotatable bonds is 6. The number of aromatic nitrogens is 4. The fourth-order valence-corrected chi connectivity index (χ4v) is 3.62. The molecule has 1 saturated heterocycles. The molecule has 1 aliphatic heterocycles. The van der Waals surface area contributed by atoms with E-state index >= 15 is 0 Å². The third-order valence-electron chi connectivity index (χ3n) is 5.47. The van der Waals surface area contributed by atoms with Crippen LogP contribution in [0.15, 0.2) is 49.1 Å². The summed E-state index contributed by atoms with van der Waals surface area (Å²) in [6, 6.07) is 2.12. The van der Waals surface area contributed by atoms with Crippen molar-refractivity contribution >= 4 is 17.8 Å². The van der Waals surface area contributed by atoms with E-state index in [2.05, 4.69) is 32.0 Å². The van der Waals surface area contributed by atoms with Gasteiger partial charge >= 0.3 is 11.9 Å². The van der Waals surface area contributed by atoms with Crippen molar-refractivity contribution in [3.8, 4) is 11.3 Å². The second-order valence-corrected chi connectivity index (χ2v) is 7.72. The maximum absolute atomic E-state index is 13.7. The third-order valence-corrected chi connectivity index (χ3v) is 5.47. The van der Waals surface area contributed by atoms with E-state index in [1.54, 1.807) is 0 Å². The van der Waals surface area contributed by atoms with Crippen molar-refractivity contribution in [2.45, 2.75) is 13.0 Å². The quantitative estimate of drug-likeness (QED) is 0.342. The van der Waals surface area contributed by atoms with Crippen molar-refractivity contribution in [1.82, 2.24) is 25.1 Å². The van der Waals surface area contributed by atoms with E-state index in [0.29, 0.717) is 36.8 Å². The molecule has 0 amide bonds. The van der Waals surface area contributed by atoms with Crippen LogP contribution in [0.5, 0.6) is 0 Å². The van der Waals surface area contributed by atoms with Gasteiger partial charge in [-0.25, -0.2) is 27.7 Å². The minimum atomic E-state index is -1.49. The molecular formula is C23H23F3N6O4. The summed E-state index contributed by atoms with van der Waals surface area (Å²) in [6.07, 6.45) is 7.81. The summed E-state index contributed by atoms with van der Waals surface area (Å²) in [4.78, 5) is 32.1. The highest BCUT2D eigenvalue weighted by Gasteiger charge is 2.25. The van der Waals surface area contributed by atoms with E-state index < -0.39 is 29.4 Å². The second kappa shape index (κ2) is 11.9. The van der Waals surface area contributed by atoms with Gasteiger partial charge in [0.05, 0.1) is 6.20 Å². The highest BCUT2D eigenvalue weighted by Crippen LogP contribution is 2.30. The normalized spacial score (nSPS) is 14.8. The number of carboxylic acid groups (broad SMARTS) is 2. The zero-order valence-electron chi connectivity index (χ0n) is 19.1. The average molecular weight is 504 g/mol. The summed E-state index contributed by atoms with van der Waals surface area (Å²) in [5.74, 6) is -5.96. The Bertz CT molecular complexity index is 1190. The molecule has 0 radical (unpaired) electrons. The van der Waals surface area contributed by atoms with Crippen LogP contribution in [-0.2, 0) is 9.59 Å². The van der Waals surface area contributed by atoms with Crippen LogP contribution in [-0.4, -0.2) is 73.4 Å². The molecule has 13 heteroatoms. The largest absolute Gasteiger partial charge is 0.478 e. The Kier molecular flexibility index (Phi) is 8.73. The molecule has 0 saturated carbocycles. The highest BCUT2D eigenvalue weighted by atomic mass is 19.2. The molecule has 2 aromatic heterocycles. The van der Waals surface area contributed by atoms with E-state index in [1.165, 1.54) is 12.4 Å². The summed E-state index contributed by atoms with van der Waals surface area (Å²) >= 11 is 0. The Morgan fingerprint density at radius 2 is 1.58 bits per heavy atom. The van der Waals surface area contributed by atoms with Crippen LogP contribution in [0.25, 0.3) is 11.3 Å². The molecular weight excluding hydrogens is 481 g/mol. The number of aliphatic carboxylic acids is 2. The van der Waals surface area contributed by atoms with Gasteiger partial charge in [-0.1, -0.05) is 0 Å². The van der Waals surface area contributed by atoms with Gasteiger partial charge in [-0.15, -0.1) is 0 Å². The molecule has 0 spiro atoms. The van der Waals surface area contributed by atoms with Gasteiger partial charge in [0.2, 0.25) is 0 Å². The van der Waals surface area contributed by atoms with Crippen LogP contribution in [0.1, 0.15) is 18.5 Å². The van der Waals surface area contributed by atoms with Crippen molar-refractivity contribution in [2.24, 2.45) is 0 Å². The van der Waals surface area contributed by atoms with Crippen molar-refractivity contribution in [3.63, 3.8) is 0 Å². The van der Waals surface area contributed by atoms with Crippen LogP contribution >= 0.6 is 0 Å². The fourth-order valence-electron chi connectivity index (χ4n) is 3.62. The monoisotopic (exact) mass is 504 g/mol. The average Bonchev–Trinajstić information content (AvgIpc) is 3.41. The van der Waals surface area contributed by atoms with Crippen LogP contribution in [0.2, 0.25) is 0 Å². The van der Waals surface area contributed by atoms with E-state index in [0.717, 1.165) is 30.8 Å². The lowest BCUT2D eigenvalue weighted by molar-refractivity contribution is -0.134. The first-order valence-corrected chi connectivity index (χ1v) is 10.7. The molecule has 0 bridgehead atoms. The predicted molar refractivity (Wildman–Crippen MR) is 123 cm³/mol. The van der Waals surface area contributed by atoms with Crippen molar-refractivity contribution in [3.05, 3.63) is 72.1 Å². The molecule has 1 fully saturated rings. The minimum Gasteiger partial charge on any atom is -0.478 e. The molecule has 10 nitrogen and oxygen atoms in total. The summed E-state index contributed by atoms with van der Waals surface area (Å²) in [5.41, 5.74) is 1.61. The van der Waals surface area contributed by atoms with Gasteiger partial charge in [0.25, 0.3) is 0 Å². The minimum absolute atomic E-state index is 0.161. The number of hydrogen-bond donors (Lipinski definition) is 3. The molecule has 1 aromatic carbocycles. The lowest BCUT2D eigenvalue weighted by Gasteiger charge is -2.38. The van der Waals surface area contributed by atoms with E-state index in [-0.39, 0.29) is 11.6 Å². The number of carbonyl (C=O) groups is 2. The number of halogens is 3. The number of anilines is 1. The van der Waals surface area contributed by atoms with Gasteiger partial charge in [-0.2, -0.15) is 5.10 Å². The molecule has 0 aliphatic carbocycles. The summed E-state index contributed by atoms with van der Waals surface area (Å²) < 4.78 is 40.7. The van der Waals surface area contributed by atoms with E-state index in [4.69, 9.17) is 10.2 Å². The van der Waals surface area contributed by atoms with Crippen molar-refractivity contribution < 1.29 is 33.0 Å². The number of nitrogens with one attached hydrogen (secondary N) is 1. The first-order valence-electron chi connectivity index (χ1n) is 10.7. The summed E-state index contributed by atoms with van der Waals surface area (Å²) in [5, 5.41) is 22.5. The second-order valence-electron chi connectivity index (χ2n) is 7.72. The molecule has 1 atom stereocenters. The van der Waals surface area contributed by atoms with Gasteiger partial charge in [-0.3, -0.25) is 15.0 Å². The number of carboxylic acids is 2. The van der Waals surface area contributed by atoms with Gasteiger partial charge in [0, 0.05) is 74.1 Å². The Morgan fingerprint density at radius 3 is 2.11 bits per heavy atom. The van der Waals surface area contributed by atoms with Crippen LogP contribution < -0.4 is 4.90 Å². The summed E-state index contributed by atoms with van der Waals surface area (Å²) in [6.45, 7) is 5.06. The first-order chi connectivity index (χ1) is 17.2. The van der Waals surface area contributed by atoms with Crippen LogP contribution in [0, 0.1) is 17.5 Å². The molecule has 1 unspecified atom stereocenters. The van der Waals surface area contributed by atoms with E-state index in [9.17, 15) is 22.8 Å². The fraction of sp³-hybridized carbons (Fsp3) is 0.261. The number of aromatic amines is 1. The predicted octanol–water partition coefficient (Wildman–Crippen LogP) is 2.88. The highest BCUT2D eigenvalue weighted by molar-refractivity contribution is 5.89. The van der Waals surface area contributed by atoms with Gasteiger partial charge < -0.3 is 15.1 Å². The smallest absolute Gasteiger partial charge is 0.328 e. The maximum Gasteiger partial charge on any atom is 0.328 e. The number of piperazine rings is 1. The topological polar surface area (TPSA) is 136 Å². The van der Waals surface area contributed by atoms with Crippen LogP contribution in [0.3, 0.4) is 0 Å². The molecule has 3 heterocycles. The van der Waals surface area contributed by atoms with E-state index in [1.807, 2.05) is 17.3 Å². The van der Waals surface area contributed by atoms with Gasteiger partial charge in [0.15, 0.2) is 23.3 Å². The molecule has 1 aliphatic rings. The Morgan fingerprint density at radius 1 is 1.00 bits per heavy atom. The lowest BCUT2D eigenvalue weighted by Crippen LogP contribution is -2.47. The Hall–Kier alpha value is -4.26. The molecule has 4 rings (SSSR count). The third kappa shape index (κ3) is 6.66. The Balaban J connectivity index is 0.000000392. The number of hydrogen-bond acceptors (Lipinski definition) is 7. The summed E-state index contributed by atoms with van der Waals surface area (Å²) in [7, 11) is 0. The van der Waals surface area contributed by atoms with Crippen LogP contribution in [0.4, 0.5) is 19.0 Å². The SMILES string of the molecule is CC(c1cn[nH]c1)N1CCN(c2nccnc2-c2cc(F)c(F)c(F)c2)CC1.O=C(O)/C=C/C(=O)O.